The molecule has 150 valence electrons. The van der Waals surface area contributed by atoms with E-state index >= 15 is 0 Å². The first kappa shape index (κ1) is 21.0. The van der Waals surface area contributed by atoms with Gasteiger partial charge in [0, 0.05) is 0 Å². The standard InChI is InChI=1S/C19H33NO6/c1-12(2)11-25-18(24)20-16(14(21)10-15(22)23)17(26-19(20,3)4)13-8-6-5-7-9-13/h12-14,16-17,21H,5-11H2,1-4H3,(H,22,23)/t14-,16+,17+/m0/s1. The van der Waals surface area contributed by atoms with E-state index in [2.05, 4.69) is 0 Å². The highest BCUT2D eigenvalue weighted by molar-refractivity contribution is 5.70. The Balaban J connectivity index is 2.27. The smallest absolute Gasteiger partial charge is 0.412 e. The quantitative estimate of drug-likeness (QED) is 0.745. The van der Waals surface area contributed by atoms with Crippen molar-refractivity contribution in [3.63, 3.8) is 0 Å². The molecule has 2 fully saturated rings. The first-order valence-electron chi connectivity index (χ1n) is 9.67. The number of carboxylic acids is 1. The Labute approximate surface area is 155 Å². The molecule has 0 aromatic heterocycles. The summed E-state index contributed by atoms with van der Waals surface area (Å²) in [5, 5.41) is 19.8. The molecule has 1 saturated heterocycles. The van der Waals surface area contributed by atoms with Crippen molar-refractivity contribution in [2.24, 2.45) is 11.8 Å². The monoisotopic (exact) mass is 371 g/mol. The molecule has 7 heteroatoms. The lowest BCUT2D eigenvalue weighted by molar-refractivity contribution is -0.140. The second-order valence-electron chi connectivity index (χ2n) is 8.42. The number of ether oxygens (including phenoxy) is 2. The van der Waals surface area contributed by atoms with Crippen LogP contribution in [0, 0.1) is 11.8 Å². The van der Waals surface area contributed by atoms with Crippen LogP contribution >= 0.6 is 0 Å². The van der Waals surface area contributed by atoms with Gasteiger partial charge in [0.05, 0.1) is 31.3 Å². The molecule has 26 heavy (non-hydrogen) atoms. The van der Waals surface area contributed by atoms with Crippen LogP contribution in [0.25, 0.3) is 0 Å². The van der Waals surface area contributed by atoms with Crippen LogP contribution in [0.1, 0.15) is 66.2 Å². The lowest BCUT2D eigenvalue weighted by atomic mass is 9.81. The number of hydrogen-bond donors (Lipinski definition) is 2. The van der Waals surface area contributed by atoms with Crippen LogP contribution in [0.4, 0.5) is 4.79 Å². The zero-order valence-corrected chi connectivity index (χ0v) is 16.3. The Bertz CT molecular complexity index is 500. The van der Waals surface area contributed by atoms with E-state index in [4.69, 9.17) is 14.6 Å². The van der Waals surface area contributed by atoms with Crippen molar-refractivity contribution in [1.29, 1.82) is 0 Å². The number of aliphatic carboxylic acids is 1. The molecule has 2 aliphatic rings. The average molecular weight is 371 g/mol. The fraction of sp³-hybridized carbons (Fsp3) is 0.895. The first-order chi connectivity index (χ1) is 12.1. The highest BCUT2D eigenvalue weighted by atomic mass is 16.6. The summed E-state index contributed by atoms with van der Waals surface area (Å²) < 4.78 is 11.6. The van der Waals surface area contributed by atoms with Crippen molar-refractivity contribution in [3.05, 3.63) is 0 Å². The summed E-state index contributed by atoms with van der Waals surface area (Å²) in [6.07, 6.45) is 2.71. The van der Waals surface area contributed by atoms with Gasteiger partial charge >= 0.3 is 12.1 Å². The number of amides is 1. The molecule has 7 nitrogen and oxygen atoms in total. The molecule has 1 amide bonds. The van der Waals surface area contributed by atoms with Gasteiger partial charge in [-0.25, -0.2) is 4.79 Å². The molecular formula is C19H33NO6. The van der Waals surface area contributed by atoms with Crippen LogP contribution in [-0.2, 0) is 14.3 Å². The summed E-state index contributed by atoms with van der Waals surface area (Å²) in [5.41, 5.74) is -0.958. The number of hydrogen-bond acceptors (Lipinski definition) is 5. The molecular weight excluding hydrogens is 338 g/mol. The summed E-state index contributed by atoms with van der Waals surface area (Å²) >= 11 is 0. The molecule has 3 atom stereocenters. The van der Waals surface area contributed by atoms with Crippen LogP contribution in [0.15, 0.2) is 0 Å². The molecule has 0 radical (unpaired) electrons. The van der Waals surface area contributed by atoms with Gasteiger partial charge in [0.1, 0.15) is 5.72 Å². The fourth-order valence-electron chi connectivity index (χ4n) is 4.14. The average Bonchev–Trinajstić information content (AvgIpc) is 2.84. The predicted octanol–water partition coefficient (Wildman–Crippen LogP) is 3.00. The van der Waals surface area contributed by atoms with Crippen molar-refractivity contribution < 1.29 is 29.3 Å². The summed E-state index contributed by atoms with van der Waals surface area (Å²) in [6, 6.07) is -0.719. The van der Waals surface area contributed by atoms with Crippen molar-refractivity contribution >= 4 is 12.1 Å². The van der Waals surface area contributed by atoms with Gasteiger partial charge in [-0.05, 0) is 38.5 Å². The number of aliphatic hydroxyl groups excluding tert-OH is 1. The molecule has 0 spiro atoms. The number of carboxylic acid groups (broad SMARTS) is 1. The molecule has 0 aromatic carbocycles. The molecule has 1 saturated carbocycles. The van der Waals surface area contributed by atoms with Gasteiger partial charge in [-0.3, -0.25) is 9.69 Å². The van der Waals surface area contributed by atoms with E-state index in [9.17, 15) is 14.7 Å². The van der Waals surface area contributed by atoms with Gasteiger partial charge < -0.3 is 19.7 Å². The second-order valence-corrected chi connectivity index (χ2v) is 8.42. The van der Waals surface area contributed by atoms with Gasteiger partial charge in [-0.1, -0.05) is 33.1 Å². The minimum absolute atomic E-state index is 0.183. The van der Waals surface area contributed by atoms with Crippen LogP contribution in [0.2, 0.25) is 0 Å². The lowest BCUT2D eigenvalue weighted by Gasteiger charge is -2.36. The SMILES string of the molecule is CC(C)COC(=O)N1[C@H]([C@@H](O)CC(=O)O)[C@@H](C2CCCCC2)OC1(C)C. The summed E-state index contributed by atoms with van der Waals surface area (Å²) in [6.45, 7) is 7.70. The van der Waals surface area contributed by atoms with E-state index in [0.29, 0.717) is 0 Å². The summed E-state index contributed by atoms with van der Waals surface area (Å²) in [5.74, 6) is -0.707. The van der Waals surface area contributed by atoms with Gasteiger partial charge in [0.15, 0.2) is 0 Å². The second kappa shape index (κ2) is 8.57. The van der Waals surface area contributed by atoms with Crippen molar-refractivity contribution in [2.45, 2.75) is 90.2 Å². The van der Waals surface area contributed by atoms with E-state index < -0.39 is 36.4 Å². The maximum Gasteiger partial charge on any atom is 0.412 e. The molecule has 1 aliphatic carbocycles. The number of rotatable bonds is 6. The zero-order valence-electron chi connectivity index (χ0n) is 16.3. The highest BCUT2D eigenvalue weighted by Crippen LogP contribution is 2.42. The van der Waals surface area contributed by atoms with Gasteiger partial charge in [0.2, 0.25) is 0 Å². The summed E-state index contributed by atoms with van der Waals surface area (Å²) in [4.78, 5) is 25.3. The Morgan fingerprint density at radius 2 is 1.85 bits per heavy atom. The Hall–Kier alpha value is -1.34. The first-order valence-corrected chi connectivity index (χ1v) is 9.67. The molecule has 1 aliphatic heterocycles. The van der Waals surface area contributed by atoms with Crippen molar-refractivity contribution in [3.8, 4) is 0 Å². The maximum atomic E-state index is 12.8. The van der Waals surface area contributed by atoms with Gasteiger partial charge in [-0.2, -0.15) is 0 Å². The van der Waals surface area contributed by atoms with E-state index in [0.717, 1.165) is 25.7 Å². The number of nitrogens with zero attached hydrogens (tertiary/aromatic N) is 1. The van der Waals surface area contributed by atoms with Crippen LogP contribution < -0.4 is 0 Å². The van der Waals surface area contributed by atoms with E-state index in [1.165, 1.54) is 11.3 Å². The molecule has 0 bridgehead atoms. The van der Waals surface area contributed by atoms with E-state index in [1.807, 2.05) is 13.8 Å². The highest BCUT2D eigenvalue weighted by Gasteiger charge is 2.55. The van der Waals surface area contributed by atoms with Crippen molar-refractivity contribution in [2.75, 3.05) is 6.61 Å². The van der Waals surface area contributed by atoms with E-state index in [1.54, 1.807) is 13.8 Å². The van der Waals surface area contributed by atoms with Gasteiger partial charge in [0.25, 0.3) is 0 Å². The molecule has 2 N–H and O–H groups in total. The van der Waals surface area contributed by atoms with Crippen molar-refractivity contribution in [1.82, 2.24) is 4.90 Å². The number of aliphatic hydroxyl groups is 1. The molecule has 2 rings (SSSR count). The topological polar surface area (TPSA) is 96.3 Å². The number of carbonyl (C=O) groups is 2. The summed E-state index contributed by atoms with van der Waals surface area (Å²) in [7, 11) is 0. The Morgan fingerprint density at radius 3 is 2.38 bits per heavy atom. The minimum atomic E-state index is -1.20. The largest absolute Gasteiger partial charge is 0.481 e. The molecule has 0 unspecified atom stereocenters. The van der Waals surface area contributed by atoms with E-state index in [-0.39, 0.29) is 24.5 Å². The molecule has 0 aromatic rings. The van der Waals surface area contributed by atoms with Crippen LogP contribution in [0.3, 0.4) is 0 Å². The third kappa shape index (κ3) is 4.88. The predicted molar refractivity (Wildman–Crippen MR) is 95.6 cm³/mol. The Kier molecular flexibility index (Phi) is 6.91. The molecule has 1 heterocycles. The number of carbonyl (C=O) groups excluding carboxylic acids is 1. The van der Waals surface area contributed by atoms with Crippen LogP contribution in [-0.4, -0.2) is 57.8 Å². The lowest BCUT2D eigenvalue weighted by Crippen LogP contribution is -2.54. The van der Waals surface area contributed by atoms with Crippen LogP contribution in [0.5, 0.6) is 0 Å². The third-order valence-electron chi connectivity index (χ3n) is 5.27. The zero-order chi connectivity index (χ0) is 19.5. The third-order valence-corrected chi connectivity index (χ3v) is 5.27. The normalized spacial score (nSPS) is 27.5. The minimum Gasteiger partial charge on any atom is -0.481 e. The van der Waals surface area contributed by atoms with Gasteiger partial charge in [-0.15, -0.1) is 0 Å². The fourth-order valence-corrected chi connectivity index (χ4v) is 4.14. The Morgan fingerprint density at radius 1 is 1.23 bits per heavy atom. The maximum absolute atomic E-state index is 12.8.